The highest BCUT2D eigenvalue weighted by molar-refractivity contribution is 4.79. The summed E-state index contributed by atoms with van der Waals surface area (Å²) in [5.41, 5.74) is 0. The molecule has 0 saturated carbocycles. The topological polar surface area (TPSA) is 103 Å². The van der Waals surface area contributed by atoms with E-state index in [0.717, 1.165) is 84.5 Å². The number of nitrogens with zero attached hydrogens (tertiary/aromatic N) is 3. The average Bonchev–Trinajstić information content (AvgIpc) is 3.55. The molecule has 85 heavy (non-hydrogen) atoms. The van der Waals surface area contributed by atoms with Crippen LogP contribution in [0.2, 0.25) is 0 Å². The van der Waals surface area contributed by atoms with E-state index in [2.05, 4.69) is 82.3 Å². The summed E-state index contributed by atoms with van der Waals surface area (Å²) in [4.78, 5) is 7.66. The molecule has 5 N–H and O–H groups in total. The normalized spacial score (nSPS) is 15.1. The molecule has 0 aliphatic heterocycles. The molecule has 0 spiro atoms. The summed E-state index contributed by atoms with van der Waals surface area (Å²) in [5.74, 6) is 1.32. The molecule has 0 heterocycles. The van der Waals surface area contributed by atoms with Crippen LogP contribution >= 0.6 is 0 Å². The molecule has 512 valence electrons. The van der Waals surface area contributed by atoms with E-state index in [0.29, 0.717) is 25.6 Å². The second-order valence-corrected chi connectivity index (χ2v) is 28.7. The van der Waals surface area contributed by atoms with Crippen molar-refractivity contribution in [3.63, 3.8) is 0 Å². The van der Waals surface area contributed by atoms with Crippen molar-refractivity contribution < 1.29 is 20.4 Å². The van der Waals surface area contributed by atoms with Gasteiger partial charge in [0, 0.05) is 72.0 Å². The maximum Gasteiger partial charge on any atom is 0.0692 e. The first kappa shape index (κ1) is 84.7. The molecule has 8 nitrogen and oxygen atoms in total. The van der Waals surface area contributed by atoms with Crippen LogP contribution in [0.5, 0.6) is 0 Å². The molecule has 8 atom stereocenters. The fourth-order valence-electron chi connectivity index (χ4n) is 13.1. The van der Waals surface area contributed by atoms with Crippen molar-refractivity contribution >= 4 is 0 Å². The molecular formula is C77H160N4O4. The van der Waals surface area contributed by atoms with E-state index in [1.165, 1.54) is 283 Å². The predicted octanol–water partition coefficient (Wildman–Crippen LogP) is 20.7. The standard InChI is InChI=1S/C77H160N4O4/c1-10-15-20-25-30-35-37-39-44-49-54-70(6)66-80(67-74(82)58-53-48-43-38-36-31-26-21-16-11-2)63-61-79(60-59-78-65-75(83)71(7)55-50-45-40-32-27-22-17-12-3)62-64-81(68-76(84)72(8)56-51-46-41-33-28-23-18-13-4)69-77(85)73(9)57-52-47-42-34-29-24-19-14-5/h70-78,82-85H,10-69H2,1-9H3. The third kappa shape index (κ3) is 57.3. The Kier molecular flexibility index (Phi) is 64.9. The summed E-state index contributed by atoms with van der Waals surface area (Å²) < 4.78 is 0. The van der Waals surface area contributed by atoms with Crippen LogP contribution in [0, 0.1) is 23.7 Å². The monoisotopic (exact) mass is 1210 g/mol. The van der Waals surface area contributed by atoms with Crippen molar-refractivity contribution in [2.24, 2.45) is 23.7 Å². The van der Waals surface area contributed by atoms with Crippen LogP contribution in [0.15, 0.2) is 0 Å². The van der Waals surface area contributed by atoms with Crippen molar-refractivity contribution in [1.29, 1.82) is 0 Å². The van der Waals surface area contributed by atoms with Crippen LogP contribution in [0.1, 0.15) is 377 Å². The summed E-state index contributed by atoms with van der Waals surface area (Å²) in [6, 6.07) is 0. The zero-order valence-corrected chi connectivity index (χ0v) is 59.7. The number of hydrogen-bond donors (Lipinski definition) is 5. The molecule has 0 amide bonds. The minimum absolute atomic E-state index is 0.224. The second-order valence-electron chi connectivity index (χ2n) is 28.7. The Morgan fingerprint density at radius 2 is 0.518 bits per heavy atom. The Hall–Kier alpha value is -0.320. The van der Waals surface area contributed by atoms with Gasteiger partial charge in [0.2, 0.25) is 0 Å². The van der Waals surface area contributed by atoms with E-state index in [1.54, 1.807) is 0 Å². The summed E-state index contributed by atoms with van der Waals surface area (Å²) in [6.45, 7) is 29.5. The molecule has 0 aromatic rings. The van der Waals surface area contributed by atoms with Gasteiger partial charge in [0.25, 0.3) is 0 Å². The number of aliphatic hydroxyl groups excluding tert-OH is 4. The van der Waals surface area contributed by atoms with Crippen molar-refractivity contribution in [3.8, 4) is 0 Å². The molecule has 0 aliphatic rings. The minimum Gasteiger partial charge on any atom is -0.392 e. The Morgan fingerprint density at radius 3 is 0.847 bits per heavy atom. The van der Waals surface area contributed by atoms with Crippen molar-refractivity contribution in [2.75, 3.05) is 72.0 Å². The fraction of sp³-hybridized carbons (Fsp3) is 1.00. The molecule has 0 aliphatic carbocycles. The highest BCUT2D eigenvalue weighted by Gasteiger charge is 2.24. The summed E-state index contributed by atoms with van der Waals surface area (Å²) >= 11 is 0. The third-order valence-electron chi connectivity index (χ3n) is 19.8. The van der Waals surface area contributed by atoms with Crippen LogP contribution in [-0.2, 0) is 0 Å². The van der Waals surface area contributed by atoms with Gasteiger partial charge in [-0.05, 0) is 55.8 Å². The molecular weight excluding hydrogens is 1040 g/mol. The minimum atomic E-state index is -0.422. The lowest BCUT2D eigenvalue weighted by Gasteiger charge is -2.34. The van der Waals surface area contributed by atoms with Crippen LogP contribution in [0.3, 0.4) is 0 Å². The van der Waals surface area contributed by atoms with Crippen LogP contribution in [0.4, 0.5) is 0 Å². The van der Waals surface area contributed by atoms with E-state index in [9.17, 15) is 20.4 Å². The van der Waals surface area contributed by atoms with E-state index < -0.39 is 12.2 Å². The van der Waals surface area contributed by atoms with E-state index >= 15 is 0 Å². The lowest BCUT2D eigenvalue weighted by Crippen LogP contribution is -2.48. The highest BCUT2D eigenvalue weighted by Crippen LogP contribution is 2.22. The first-order valence-electron chi connectivity index (χ1n) is 39.0. The highest BCUT2D eigenvalue weighted by atomic mass is 16.3. The summed E-state index contributed by atoms with van der Waals surface area (Å²) in [6.07, 6.45) is 62.1. The van der Waals surface area contributed by atoms with Crippen LogP contribution in [0.25, 0.3) is 0 Å². The second kappa shape index (κ2) is 65.2. The molecule has 8 unspecified atom stereocenters. The van der Waals surface area contributed by atoms with Gasteiger partial charge in [-0.2, -0.15) is 0 Å². The van der Waals surface area contributed by atoms with Crippen molar-refractivity contribution in [1.82, 2.24) is 20.0 Å². The summed E-state index contributed by atoms with van der Waals surface area (Å²) in [5, 5.41) is 50.6. The van der Waals surface area contributed by atoms with E-state index in [4.69, 9.17) is 0 Å². The lowest BCUT2D eigenvalue weighted by molar-refractivity contribution is 0.0210. The molecule has 0 saturated heterocycles. The lowest BCUT2D eigenvalue weighted by atomic mass is 9.94. The van der Waals surface area contributed by atoms with Gasteiger partial charge in [0.15, 0.2) is 0 Å². The number of unbranched alkanes of at least 4 members (excludes halogenated alkanes) is 39. The summed E-state index contributed by atoms with van der Waals surface area (Å²) in [7, 11) is 0. The number of hydrogen-bond acceptors (Lipinski definition) is 8. The third-order valence-corrected chi connectivity index (χ3v) is 19.8. The average molecular weight is 1210 g/mol. The van der Waals surface area contributed by atoms with Crippen molar-refractivity contribution in [3.05, 3.63) is 0 Å². The van der Waals surface area contributed by atoms with E-state index in [1.807, 2.05) is 0 Å². The van der Waals surface area contributed by atoms with Crippen molar-refractivity contribution in [2.45, 2.75) is 401 Å². The number of rotatable bonds is 71. The zero-order valence-electron chi connectivity index (χ0n) is 59.7. The van der Waals surface area contributed by atoms with Gasteiger partial charge in [-0.1, -0.05) is 345 Å². The maximum atomic E-state index is 11.9. The Bertz CT molecular complexity index is 1210. The van der Waals surface area contributed by atoms with Gasteiger partial charge in [-0.3, -0.25) is 14.7 Å². The molecule has 0 bridgehead atoms. The Morgan fingerprint density at radius 1 is 0.259 bits per heavy atom. The largest absolute Gasteiger partial charge is 0.392 e. The Balaban J connectivity index is 6.26. The van der Waals surface area contributed by atoms with Crippen LogP contribution in [-0.4, -0.2) is 132 Å². The predicted molar refractivity (Wildman–Crippen MR) is 377 cm³/mol. The fourth-order valence-corrected chi connectivity index (χ4v) is 13.1. The number of aliphatic hydroxyl groups is 4. The van der Waals surface area contributed by atoms with Gasteiger partial charge >= 0.3 is 0 Å². The van der Waals surface area contributed by atoms with Gasteiger partial charge in [-0.15, -0.1) is 0 Å². The SMILES string of the molecule is CCCCCCCCCCCCC(C)CN(CCN(CCNCC(O)C(C)CCCCCCCCCC)CCN(CC(O)C(C)CCCCCCCCCC)CC(O)C(C)CCCCCCCCCC)CC(O)CCCCCCCCCCCC. The van der Waals surface area contributed by atoms with Gasteiger partial charge in [-0.25, -0.2) is 0 Å². The molecule has 0 fully saturated rings. The maximum absolute atomic E-state index is 11.9. The Labute approximate surface area is 534 Å². The van der Waals surface area contributed by atoms with E-state index in [-0.39, 0.29) is 30.0 Å². The van der Waals surface area contributed by atoms with Gasteiger partial charge in [0.05, 0.1) is 24.4 Å². The van der Waals surface area contributed by atoms with Gasteiger partial charge < -0.3 is 25.7 Å². The molecule has 0 aromatic carbocycles. The van der Waals surface area contributed by atoms with Crippen LogP contribution < -0.4 is 5.32 Å². The first-order valence-corrected chi connectivity index (χ1v) is 39.0. The zero-order chi connectivity index (χ0) is 62.5. The van der Waals surface area contributed by atoms with Gasteiger partial charge in [0.1, 0.15) is 0 Å². The molecule has 0 aromatic heterocycles. The molecule has 0 rings (SSSR count). The first-order chi connectivity index (χ1) is 41.4. The molecule has 0 radical (unpaired) electrons. The number of nitrogens with one attached hydrogen (secondary N) is 1. The molecule has 8 heteroatoms. The smallest absolute Gasteiger partial charge is 0.0692 e. The quantitative estimate of drug-likeness (QED) is 0.0384.